The fourth-order valence-corrected chi connectivity index (χ4v) is 4.66. The number of anilines is 1. The molecule has 0 bridgehead atoms. The third-order valence-electron chi connectivity index (χ3n) is 5.02. The number of nitrogens with one attached hydrogen (secondary N) is 1. The van der Waals surface area contributed by atoms with Crippen LogP contribution in [0.5, 0.6) is 5.75 Å². The van der Waals surface area contributed by atoms with Crippen LogP contribution in [0.15, 0.2) is 53.4 Å². The number of para-hydroxylation sites is 2. The summed E-state index contributed by atoms with van der Waals surface area (Å²) in [7, 11) is -2.15. The van der Waals surface area contributed by atoms with Crippen molar-refractivity contribution in [3.8, 4) is 5.75 Å². The Hall–Kier alpha value is -2.49. The van der Waals surface area contributed by atoms with Gasteiger partial charge in [0.2, 0.25) is 15.9 Å². The Morgan fingerprint density at radius 1 is 1.07 bits per heavy atom. The molecule has 1 amide bonds. The molecule has 0 spiro atoms. The summed E-state index contributed by atoms with van der Waals surface area (Å²) in [5, 5.41) is 2.86. The summed E-state index contributed by atoms with van der Waals surface area (Å²) in [4.78, 5) is 14.6. The first-order valence-corrected chi connectivity index (χ1v) is 10.7. The van der Waals surface area contributed by atoms with Crippen molar-refractivity contribution < 1.29 is 22.3 Å². The minimum atomic E-state index is -3.68. The number of piperazine rings is 1. The molecule has 9 heteroatoms. The Kier molecular flexibility index (Phi) is 6.51. The van der Waals surface area contributed by atoms with Crippen LogP contribution in [0.4, 0.5) is 10.1 Å². The second-order valence-corrected chi connectivity index (χ2v) is 8.70. The Bertz CT molecular complexity index is 958. The van der Waals surface area contributed by atoms with Gasteiger partial charge in [0.15, 0.2) is 0 Å². The van der Waals surface area contributed by atoms with E-state index in [0.29, 0.717) is 24.5 Å². The quantitative estimate of drug-likeness (QED) is 0.773. The molecule has 2 aromatic rings. The largest absolute Gasteiger partial charge is 0.495 e. The van der Waals surface area contributed by atoms with Crippen molar-refractivity contribution in [2.75, 3.05) is 38.6 Å². The summed E-state index contributed by atoms with van der Waals surface area (Å²) < 4.78 is 45.1. The third kappa shape index (κ3) is 4.75. The molecule has 0 radical (unpaired) electrons. The molecule has 0 aromatic heterocycles. The highest BCUT2D eigenvalue weighted by Gasteiger charge is 2.32. The van der Waals surface area contributed by atoms with Gasteiger partial charge in [-0.2, -0.15) is 4.31 Å². The number of carbonyl (C=O) groups excluding carboxylic acids is 1. The minimum absolute atomic E-state index is 0.0642. The Morgan fingerprint density at radius 3 is 2.31 bits per heavy atom. The van der Waals surface area contributed by atoms with Crippen molar-refractivity contribution >= 4 is 21.6 Å². The first kappa shape index (κ1) is 21.2. The maximum atomic E-state index is 13.1. The van der Waals surface area contributed by atoms with Gasteiger partial charge in [-0.3, -0.25) is 9.69 Å². The Labute approximate surface area is 170 Å². The third-order valence-corrected chi connectivity index (χ3v) is 6.93. The fourth-order valence-electron chi connectivity index (χ4n) is 3.24. The number of ether oxygens (including phenoxy) is 1. The Morgan fingerprint density at radius 2 is 1.69 bits per heavy atom. The van der Waals surface area contributed by atoms with Crippen molar-refractivity contribution in [2.45, 2.75) is 17.9 Å². The second-order valence-electron chi connectivity index (χ2n) is 6.76. The monoisotopic (exact) mass is 421 g/mol. The van der Waals surface area contributed by atoms with Gasteiger partial charge in [0.1, 0.15) is 11.6 Å². The highest BCUT2D eigenvalue weighted by Crippen LogP contribution is 2.24. The number of sulfonamides is 1. The molecule has 1 aliphatic rings. The normalized spacial score (nSPS) is 16.9. The molecule has 29 heavy (non-hydrogen) atoms. The number of halogens is 1. The van der Waals surface area contributed by atoms with Crippen LogP contribution in [0.2, 0.25) is 0 Å². The second kappa shape index (κ2) is 8.89. The van der Waals surface area contributed by atoms with Gasteiger partial charge >= 0.3 is 0 Å². The molecule has 0 unspecified atom stereocenters. The van der Waals surface area contributed by atoms with Gasteiger partial charge in [-0.1, -0.05) is 12.1 Å². The number of rotatable bonds is 6. The molecular formula is C20H24FN3O4S. The summed E-state index contributed by atoms with van der Waals surface area (Å²) in [6.45, 7) is 3.13. The van der Waals surface area contributed by atoms with Crippen molar-refractivity contribution in [3.05, 3.63) is 54.3 Å². The first-order chi connectivity index (χ1) is 13.8. The van der Waals surface area contributed by atoms with E-state index < -0.39 is 21.9 Å². The zero-order valence-corrected chi connectivity index (χ0v) is 17.2. The van der Waals surface area contributed by atoms with E-state index >= 15 is 0 Å². The molecule has 0 saturated carbocycles. The standard InChI is InChI=1S/C20H24FN3O4S/c1-15(20(25)22-18-5-3-4-6-19(18)28-2)23-11-13-24(14-12-23)29(26,27)17-9-7-16(21)8-10-17/h3-10,15H,11-14H2,1-2H3,(H,22,25)/t15-/m1/s1. The maximum absolute atomic E-state index is 13.1. The molecular weight excluding hydrogens is 397 g/mol. The smallest absolute Gasteiger partial charge is 0.243 e. The van der Waals surface area contributed by atoms with E-state index in [-0.39, 0.29) is 23.9 Å². The van der Waals surface area contributed by atoms with Gasteiger partial charge in [-0.15, -0.1) is 0 Å². The molecule has 1 N–H and O–H groups in total. The lowest BCUT2D eigenvalue weighted by molar-refractivity contribution is -0.121. The number of hydrogen-bond donors (Lipinski definition) is 1. The summed E-state index contributed by atoms with van der Waals surface area (Å²) in [5.74, 6) is -0.101. The molecule has 1 aliphatic heterocycles. The average Bonchev–Trinajstić information content (AvgIpc) is 2.74. The molecule has 156 valence electrons. The van der Waals surface area contributed by atoms with Crippen molar-refractivity contribution in [1.82, 2.24) is 9.21 Å². The SMILES string of the molecule is COc1ccccc1NC(=O)[C@@H](C)N1CCN(S(=O)(=O)c2ccc(F)cc2)CC1. The van der Waals surface area contributed by atoms with Gasteiger partial charge in [-0.05, 0) is 43.3 Å². The van der Waals surface area contributed by atoms with Gasteiger partial charge < -0.3 is 10.1 Å². The number of benzene rings is 2. The lowest BCUT2D eigenvalue weighted by Gasteiger charge is -2.36. The van der Waals surface area contributed by atoms with Crippen LogP contribution < -0.4 is 10.1 Å². The highest BCUT2D eigenvalue weighted by atomic mass is 32.2. The Balaban J connectivity index is 1.61. The van der Waals surface area contributed by atoms with Gasteiger partial charge in [0.25, 0.3) is 0 Å². The lowest BCUT2D eigenvalue weighted by atomic mass is 10.2. The molecule has 2 aromatic carbocycles. The van der Waals surface area contributed by atoms with Crippen LogP contribution in [0.25, 0.3) is 0 Å². The number of amides is 1. The van der Waals surface area contributed by atoms with Crippen LogP contribution in [0.1, 0.15) is 6.92 Å². The van der Waals surface area contributed by atoms with Crippen LogP contribution in [-0.2, 0) is 14.8 Å². The van der Waals surface area contributed by atoms with Crippen molar-refractivity contribution in [1.29, 1.82) is 0 Å². The lowest BCUT2D eigenvalue weighted by Crippen LogP contribution is -2.53. The number of methoxy groups -OCH3 is 1. The van der Waals surface area contributed by atoms with Crippen molar-refractivity contribution in [3.63, 3.8) is 0 Å². The predicted molar refractivity (Wildman–Crippen MR) is 108 cm³/mol. The van der Waals surface area contributed by atoms with E-state index in [1.165, 1.54) is 23.5 Å². The highest BCUT2D eigenvalue weighted by molar-refractivity contribution is 7.89. The van der Waals surface area contributed by atoms with Crippen LogP contribution in [0.3, 0.4) is 0 Å². The molecule has 7 nitrogen and oxygen atoms in total. The van der Waals surface area contributed by atoms with Crippen LogP contribution in [-0.4, -0.2) is 62.9 Å². The topological polar surface area (TPSA) is 79.0 Å². The average molecular weight is 421 g/mol. The summed E-state index contributed by atoms with van der Waals surface area (Å²) in [5.41, 5.74) is 0.587. The maximum Gasteiger partial charge on any atom is 0.243 e. The van der Waals surface area contributed by atoms with E-state index in [1.807, 2.05) is 17.0 Å². The van der Waals surface area contributed by atoms with E-state index in [9.17, 15) is 17.6 Å². The summed E-state index contributed by atoms with van der Waals surface area (Å²) in [6, 6.07) is 11.5. The molecule has 0 aliphatic carbocycles. The van der Waals surface area contributed by atoms with Crippen LogP contribution >= 0.6 is 0 Å². The molecule has 1 fully saturated rings. The van der Waals surface area contributed by atoms with Crippen molar-refractivity contribution in [2.24, 2.45) is 0 Å². The molecule has 1 heterocycles. The summed E-state index contributed by atoms with van der Waals surface area (Å²) in [6.07, 6.45) is 0. The zero-order valence-electron chi connectivity index (χ0n) is 16.3. The number of hydrogen-bond acceptors (Lipinski definition) is 5. The van der Waals surface area contributed by atoms with Gasteiger partial charge in [-0.25, -0.2) is 12.8 Å². The minimum Gasteiger partial charge on any atom is -0.495 e. The zero-order chi connectivity index (χ0) is 21.0. The van der Waals surface area contributed by atoms with E-state index in [1.54, 1.807) is 19.1 Å². The molecule has 1 atom stereocenters. The van der Waals surface area contributed by atoms with E-state index in [2.05, 4.69) is 5.32 Å². The predicted octanol–water partition coefficient (Wildman–Crippen LogP) is 2.17. The molecule has 3 rings (SSSR count). The van der Waals surface area contributed by atoms with Crippen LogP contribution in [0, 0.1) is 5.82 Å². The molecule has 1 saturated heterocycles. The number of nitrogens with zero attached hydrogens (tertiary/aromatic N) is 2. The van der Waals surface area contributed by atoms with E-state index in [0.717, 1.165) is 12.1 Å². The fraction of sp³-hybridized carbons (Fsp3) is 0.350. The number of carbonyl (C=O) groups is 1. The first-order valence-electron chi connectivity index (χ1n) is 9.26. The summed E-state index contributed by atoms with van der Waals surface area (Å²) >= 11 is 0. The van der Waals surface area contributed by atoms with Gasteiger partial charge in [0, 0.05) is 26.2 Å². The van der Waals surface area contributed by atoms with Gasteiger partial charge in [0.05, 0.1) is 23.7 Å². The van der Waals surface area contributed by atoms with E-state index in [4.69, 9.17) is 4.74 Å².